The van der Waals surface area contributed by atoms with Crippen molar-refractivity contribution in [2.24, 2.45) is 0 Å². The van der Waals surface area contributed by atoms with Crippen LogP contribution in [0.5, 0.6) is 0 Å². The average Bonchev–Trinajstić information content (AvgIpc) is 2.82. The highest BCUT2D eigenvalue weighted by atomic mass is 79.9. The first-order chi connectivity index (χ1) is 9.24. The molecular formula is C13H9BrN4O. The van der Waals surface area contributed by atoms with Crippen molar-refractivity contribution in [3.05, 3.63) is 52.9 Å². The number of aromatic amines is 1. The number of aromatic nitrogens is 3. The van der Waals surface area contributed by atoms with E-state index < -0.39 is 0 Å². The summed E-state index contributed by atoms with van der Waals surface area (Å²) in [7, 11) is 0. The normalized spacial score (nSPS) is 10.6. The number of benzene rings is 1. The van der Waals surface area contributed by atoms with E-state index in [1.807, 2.05) is 24.3 Å². The van der Waals surface area contributed by atoms with Gasteiger partial charge in [-0.05, 0) is 24.3 Å². The molecule has 1 amide bonds. The van der Waals surface area contributed by atoms with Crippen LogP contribution < -0.4 is 5.32 Å². The van der Waals surface area contributed by atoms with E-state index in [1.54, 1.807) is 18.5 Å². The minimum absolute atomic E-state index is 0.266. The Hall–Kier alpha value is -2.21. The lowest BCUT2D eigenvalue weighted by Crippen LogP contribution is -2.12. The number of carbonyl (C=O) groups excluding carboxylic acids is 1. The van der Waals surface area contributed by atoms with Gasteiger partial charge in [0.15, 0.2) is 5.69 Å². The standard InChI is InChI=1S/C13H9BrN4O/c14-8-2-1-3-9(6-8)16-13(19)12-10-7-15-5-4-11(10)17-18-12/h1-7H,(H,16,19)(H,17,18). The highest BCUT2D eigenvalue weighted by Gasteiger charge is 2.14. The summed E-state index contributed by atoms with van der Waals surface area (Å²) < 4.78 is 0.902. The number of carbonyl (C=O) groups is 1. The van der Waals surface area contributed by atoms with Crippen molar-refractivity contribution in [1.29, 1.82) is 0 Å². The molecular weight excluding hydrogens is 308 g/mol. The monoisotopic (exact) mass is 316 g/mol. The van der Waals surface area contributed by atoms with Gasteiger partial charge in [0.25, 0.3) is 5.91 Å². The van der Waals surface area contributed by atoms with Crippen molar-refractivity contribution < 1.29 is 4.79 Å². The maximum atomic E-state index is 12.2. The van der Waals surface area contributed by atoms with Crippen LogP contribution in [0.1, 0.15) is 10.5 Å². The van der Waals surface area contributed by atoms with E-state index in [9.17, 15) is 4.79 Å². The summed E-state index contributed by atoms with van der Waals surface area (Å²) in [6.45, 7) is 0. The number of pyridine rings is 1. The summed E-state index contributed by atoms with van der Waals surface area (Å²) >= 11 is 3.36. The number of anilines is 1. The van der Waals surface area contributed by atoms with Gasteiger partial charge in [0.2, 0.25) is 0 Å². The highest BCUT2D eigenvalue weighted by Crippen LogP contribution is 2.18. The fraction of sp³-hybridized carbons (Fsp3) is 0. The molecule has 0 unspecified atom stereocenters. The van der Waals surface area contributed by atoms with Gasteiger partial charge >= 0.3 is 0 Å². The van der Waals surface area contributed by atoms with Gasteiger partial charge in [-0.25, -0.2) is 0 Å². The molecule has 5 nitrogen and oxygen atoms in total. The lowest BCUT2D eigenvalue weighted by molar-refractivity contribution is 0.102. The van der Waals surface area contributed by atoms with Crippen LogP contribution in [0.3, 0.4) is 0 Å². The van der Waals surface area contributed by atoms with Gasteiger partial charge in [0.05, 0.1) is 10.9 Å². The van der Waals surface area contributed by atoms with Crippen LogP contribution in [0, 0.1) is 0 Å². The van der Waals surface area contributed by atoms with E-state index in [0.717, 1.165) is 9.99 Å². The Balaban J connectivity index is 1.92. The Kier molecular flexibility index (Phi) is 3.00. The molecule has 0 aliphatic heterocycles. The molecule has 0 aliphatic carbocycles. The number of fused-ring (bicyclic) bond motifs is 1. The minimum Gasteiger partial charge on any atom is -0.321 e. The van der Waals surface area contributed by atoms with Crippen LogP contribution >= 0.6 is 15.9 Å². The predicted molar refractivity (Wildman–Crippen MR) is 76.0 cm³/mol. The van der Waals surface area contributed by atoms with E-state index in [2.05, 4.69) is 36.4 Å². The minimum atomic E-state index is -0.266. The molecule has 94 valence electrons. The lowest BCUT2D eigenvalue weighted by atomic mass is 10.2. The first kappa shape index (κ1) is 11.9. The first-order valence-electron chi connectivity index (χ1n) is 5.59. The van der Waals surface area contributed by atoms with E-state index in [0.29, 0.717) is 16.8 Å². The van der Waals surface area contributed by atoms with Crippen molar-refractivity contribution in [2.45, 2.75) is 0 Å². The third-order valence-corrected chi connectivity index (χ3v) is 3.16. The van der Waals surface area contributed by atoms with E-state index in [1.165, 1.54) is 0 Å². The van der Waals surface area contributed by atoms with Crippen molar-refractivity contribution in [2.75, 3.05) is 5.32 Å². The van der Waals surface area contributed by atoms with Gasteiger partial charge in [-0.15, -0.1) is 0 Å². The van der Waals surface area contributed by atoms with Crippen molar-refractivity contribution in [1.82, 2.24) is 15.2 Å². The number of hydrogen-bond acceptors (Lipinski definition) is 3. The number of hydrogen-bond donors (Lipinski definition) is 2. The van der Waals surface area contributed by atoms with E-state index >= 15 is 0 Å². The fourth-order valence-corrected chi connectivity index (χ4v) is 2.19. The Labute approximate surface area is 117 Å². The summed E-state index contributed by atoms with van der Waals surface area (Å²) in [4.78, 5) is 16.2. The summed E-state index contributed by atoms with van der Waals surface area (Å²) in [6.07, 6.45) is 3.27. The van der Waals surface area contributed by atoms with Gasteiger partial charge in [-0.2, -0.15) is 5.10 Å². The van der Waals surface area contributed by atoms with Gasteiger partial charge in [-0.3, -0.25) is 14.9 Å². The lowest BCUT2D eigenvalue weighted by Gasteiger charge is -2.03. The zero-order chi connectivity index (χ0) is 13.2. The van der Waals surface area contributed by atoms with Crippen LogP contribution in [0.15, 0.2) is 47.2 Å². The van der Waals surface area contributed by atoms with Crippen molar-refractivity contribution in [3.63, 3.8) is 0 Å². The molecule has 0 radical (unpaired) electrons. The third-order valence-electron chi connectivity index (χ3n) is 2.66. The third kappa shape index (κ3) is 2.34. The number of nitrogens with one attached hydrogen (secondary N) is 2. The van der Waals surface area contributed by atoms with Crippen LogP contribution in [0.2, 0.25) is 0 Å². The van der Waals surface area contributed by atoms with Gasteiger partial charge in [-0.1, -0.05) is 22.0 Å². The molecule has 6 heteroatoms. The van der Waals surface area contributed by atoms with Gasteiger partial charge in [0, 0.05) is 22.6 Å². The Morgan fingerprint density at radius 2 is 2.21 bits per heavy atom. The van der Waals surface area contributed by atoms with E-state index in [4.69, 9.17) is 0 Å². The molecule has 0 saturated carbocycles. The number of amides is 1. The zero-order valence-electron chi connectivity index (χ0n) is 9.72. The second-order valence-corrected chi connectivity index (χ2v) is 4.87. The number of H-pyrrole nitrogens is 1. The molecule has 1 aromatic carbocycles. The second kappa shape index (κ2) is 4.81. The van der Waals surface area contributed by atoms with Crippen LogP contribution in [0.4, 0.5) is 5.69 Å². The van der Waals surface area contributed by atoms with Gasteiger partial charge < -0.3 is 5.32 Å². The summed E-state index contributed by atoms with van der Waals surface area (Å²) in [6, 6.07) is 9.16. The molecule has 0 fully saturated rings. The molecule has 0 bridgehead atoms. The smallest absolute Gasteiger partial charge is 0.276 e. The van der Waals surface area contributed by atoms with Crippen molar-refractivity contribution in [3.8, 4) is 0 Å². The molecule has 2 N–H and O–H groups in total. The summed E-state index contributed by atoms with van der Waals surface area (Å²) in [5, 5.41) is 10.3. The quantitative estimate of drug-likeness (QED) is 0.763. The molecule has 19 heavy (non-hydrogen) atoms. The Bertz CT molecular complexity index is 753. The summed E-state index contributed by atoms with van der Waals surface area (Å²) in [5.41, 5.74) is 1.83. The molecule has 3 rings (SSSR count). The SMILES string of the molecule is O=C(Nc1cccc(Br)c1)c1n[nH]c2ccncc12. The maximum absolute atomic E-state index is 12.2. The predicted octanol–water partition coefficient (Wildman–Crippen LogP) is 2.97. The zero-order valence-corrected chi connectivity index (χ0v) is 11.3. The van der Waals surface area contributed by atoms with Crippen LogP contribution in [-0.4, -0.2) is 21.1 Å². The molecule has 3 aromatic rings. The average molecular weight is 317 g/mol. The number of nitrogens with zero attached hydrogens (tertiary/aromatic N) is 2. The van der Waals surface area contributed by atoms with Crippen LogP contribution in [-0.2, 0) is 0 Å². The largest absolute Gasteiger partial charge is 0.321 e. The topological polar surface area (TPSA) is 70.7 Å². The number of rotatable bonds is 2. The van der Waals surface area contributed by atoms with Crippen molar-refractivity contribution >= 4 is 38.4 Å². The second-order valence-electron chi connectivity index (χ2n) is 3.96. The fourth-order valence-electron chi connectivity index (χ4n) is 1.79. The molecule has 0 atom stereocenters. The van der Waals surface area contributed by atoms with E-state index in [-0.39, 0.29) is 5.91 Å². The Morgan fingerprint density at radius 1 is 1.32 bits per heavy atom. The summed E-state index contributed by atoms with van der Waals surface area (Å²) in [5.74, 6) is -0.266. The molecule has 0 spiro atoms. The molecule has 0 saturated heterocycles. The molecule has 2 aromatic heterocycles. The van der Waals surface area contributed by atoms with Crippen LogP contribution in [0.25, 0.3) is 10.9 Å². The number of halogens is 1. The Morgan fingerprint density at radius 3 is 3.05 bits per heavy atom. The first-order valence-corrected chi connectivity index (χ1v) is 6.38. The highest BCUT2D eigenvalue weighted by molar-refractivity contribution is 9.10. The maximum Gasteiger partial charge on any atom is 0.276 e. The molecule has 0 aliphatic rings. The molecule has 2 heterocycles. The van der Waals surface area contributed by atoms with Gasteiger partial charge in [0.1, 0.15) is 0 Å².